The van der Waals surface area contributed by atoms with E-state index in [1.165, 1.54) is 12.1 Å². The molecule has 2 aromatic carbocycles. The Balaban J connectivity index is 1.86. The first-order chi connectivity index (χ1) is 13.7. The summed E-state index contributed by atoms with van der Waals surface area (Å²) in [6, 6.07) is 10.1. The number of rotatable bonds is 8. The number of methoxy groups -OCH3 is 1. The van der Waals surface area contributed by atoms with Crippen LogP contribution in [0.5, 0.6) is 5.75 Å². The molecule has 2 aromatic rings. The average molecular weight is 423 g/mol. The molecule has 0 aliphatic heterocycles. The summed E-state index contributed by atoms with van der Waals surface area (Å²) in [4.78, 5) is 4.09. The molecule has 2 rings (SSSR count). The van der Waals surface area contributed by atoms with Crippen LogP contribution in [0.2, 0.25) is 0 Å². The SMILES string of the molecule is CN=C(NCCS(=O)(=O)Nc1ccc(C)c(F)c1)NCc1ccc(C)cc1OC. The molecule has 3 N–H and O–H groups in total. The highest BCUT2D eigenvalue weighted by Gasteiger charge is 2.12. The van der Waals surface area contributed by atoms with E-state index in [2.05, 4.69) is 20.3 Å². The van der Waals surface area contributed by atoms with Gasteiger partial charge in [-0.1, -0.05) is 18.2 Å². The van der Waals surface area contributed by atoms with Crippen molar-refractivity contribution in [3.63, 3.8) is 0 Å². The van der Waals surface area contributed by atoms with Crippen LogP contribution in [0.4, 0.5) is 10.1 Å². The fourth-order valence-electron chi connectivity index (χ4n) is 2.59. The van der Waals surface area contributed by atoms with Crippen molar-refractivity contribution in [1.82, 2.24) is 10.6 Å². The van der Waals surface area contributed by atoms with Gasteiger partial charge in [-0.3, -0.25) is 9.71 Å². The first-order valence-corrected chi connectivity index (χ1v) is 10.7. The zero-order valence-electron chi connectivity index (χ0n) is 17.0. The van der Waals surface area contributed by atoms with Crippen LogP contribution in [0.15, 0.2) is 41.4 Å². The smallest absolute Gasteiger partial charge is 0.234 e. The summed E-state index contributed by atoms with van der Waals surface area (Å²) in [6.07, 6.45) is 0. The molecule has 158 valence electrons. The molecule has 0 saturated carbocycles. The normalized spacial score (nSPS) is 11.8. The zero-order chi connectivity index (χ0) is 21.4. The van der Waals surface area contributed by atoms with Crippen LogP contribution in [0.1, 0.15) is 16.7 Å². The second-order valence-corrected chi connectivity index (χ2v) is 8.39. The topological polar surface area (TPSA) is 91.8 Å². The second-order valence-electron chi connectivity index (χ2n) is 6.55. The Morgan fingerprint density at radius 1 is 1.14 bits per heavy atom. The largest absolute Gasteiger partial charge is 0.496 e. The lowest BCUT2D eigenvalue weighted by Crippen LogP contribution is -2.39. The van der Waals surface area contributed by atoms with E-state index >= 15 is 0 Å². The van der Waals surface area contributed by atoms with Crippen molar-refractivity contribution < 1.29 is 17.5 Å². The molecule has 9 heteroatoms. The standard InChI is InChI=1S/C20H27FN4O3S/c1-14-5-7-16(19(11-14)28-4)13-24-20(22-3)23-9-10-29(26,27)25-17-8-6-15(2)18(21)12-17/h5-8,11-12,25H,9-10,13H2,1-4H3,(H2,22,23,24). The third-order valence-electron chi connectivity index (χ3n) is 4.22. The van der Waals surface area contributed by atoms with Crippen molar-refractivity contribution in [2.45, 2.75) is 20.4 Å². The Hall–Kier alpha value is -2.81. The molecule has 0 fully saturated rings. The Kier molecular flexibility index (Phi) is 7.83. The van der Waals surface area contributed by atoms with E-state index in [0.29, 0.717) is 18.1 Å². The van der Waals surface area contributed by atoms with Gasteiger partial charge in [0, 0.05) is 25.7 Å². The minimum absolute atomic E-state index is 0.133. The van der Waals surface area contributed by atoms with Crippen LogP contribution >= 0.6 is 0 Å². The van der Waals surface area contributed by atoms with Crippen molar-refractivity contribution >= 4 is 21.7 Å². The van der Waals surface area contributed by atoms with Gasteiger partial charge in [0.25, 0.3) is 0 Å². The number of sulfonamides is 1. The van der Waals surface area contributed by atoms with E-state index in [-0.39, 0.29) is 18.0 Å². The predicted octanol–water partition coefficient (Wildman–Crippen LogP) is 2.56. The van der Waals surface area contributed by atoms with E-state index in [9.17, 15) is 12.8 Å². The van der Waals surface area contributed by atoms with Crippen molar-refractivity contribution in [2.24, 2.45) is 4.99 Å². The number of aliphatic imine (C=N–C) groups is 1. The first kappa shape index (κ1) is 22.5. The minimum atomic E-state index is -3.63. The molecular formula is C20H27FN4O3S. The second kappa shape index (κ2) is 10.1. The predicted molar refractivity (Wildman–Crippen MR) is 114 cm³/mol. The Morgan fingerprint density at radius 2 is 1.90 bits per heavy atom. The third kappa shape index (κ3) is 6.94. The summed E-state index contributed by atoms with van der Waals surface area (Å²) >= 11 is 0. The lowest BCUT2D eigenvalue weighted by molar-refractivity contribution is 0.408. The first-order valence-electron chi connectivity index (χ1n) is 9.09. The van der Waals surface area contributed by atoms with Crippen LogP contribution < -0.4 is 20.1 Å². The van der Waals surface area contributed by atoms with Crippen LogP contribution in [-0.2, 0) is 16.6 Å². The number of hydrogen-bond acceptors (Lipinski definition) is 4. The Labute approximate surface area is 171 Å². The van der Waals surface area contributed by atoms with Crippen molar-refractivity contribution in [3.8, 4) is 5.75 Å². The molecule has 0 aliphatic carbocycles. The van der Waals surface area contributed by atoms with E-state index < -0.39 is 15.8 Å². The minimum Gasteiger partial charge on any atom is -0.496 e. The molecule has 0 heterocycles. The number of ether oxygens (including phenoxy) is 1. The molecule has 0 aromatic heterocycles. The highest BCUT2D eigenvalue weighted by Crippen LogP contribution is 2.19. The van der Waals surface area contributed by atoms with Crippen LogP contribution in [0.25, 0.3) is 0 Å². The van der Waals surface area contributed by atoms with Gasteiger partial charge in [0.2, 0.25) is 10.0 Å². The number of hydrogen-bond donors (Lipinski definition) is 3. The van der Waals surface area contributed by atoms with Crippen LogP contribution in [0.3, 0.4) is 0 Å². The third-order valence-corrected chi connectivity index (χ3v) is 5.51. The van der Waals surface area contributed by atoms with Crippen molar-refractivity contribution in [3.05, 3.63) is 58.9 Å². The van der Waals surface area contributed by atoms with Gasteiger partial charge >= 0.3 is 0 Å². The van der Waals surface area contributed by atoms with E-state index in [1.54, 1.807) is 21.1 Å². The molecule has 0 saturated heterocycles. The lowest BCUT2D eigenvalue weighted by atomic mass is 10.1. The fourth-order valence-corrected chi connectivity index (χ4v) is 3.55. The highest BCUT2D eigenvalue weighted by atomic mass is 32.2. The van der Waals surface area contributed by atoms with Gasteiger partial charge in [-0.05, 0) is 43.2 Å². The number of nitrogens with one attached hydrogen (secondary N) is 3. The average Bonchev–Trinajstić information content (AvgIpc) is 2.67. The molecular weight excluding hydrogens is 395 g/mol. The van der Waals surface area contributed by atoms with Crippen LogP contribution in [-0.4, -0.2) is 40.8 Å². The molecule has 0 aliphatic rings. The zero-order valence-corrected chi connectivity index (χ0v) is 17.9. The molecule has 0 amide bonds. The molecule has 0 atom stereocenters. The molecule has 0 radical (unpaired) electrons. The van der Waals surface area contributed by atoms with Crippen LogP contribution in [0, 0.1) is 19.7 Å². The van der Waals surface area contributed by atoms with Crippen molar-refractivity contribution in [1.29, 1.82) is 0 Å². The van der Waals surface area contributed by atoms with E-state index in [4.69, 9.17) is 4.74 Å². The van der Waals surface area contributed by atoms with E-state index in [1.807, 2.05) is 25.1 Å². The molecule has 0 bridgehead atoms. The summed E-state index contributed by atoms with van der Waals surface area (Å²) in [5.74, 6) is 0.575. The van der Waals surface area contributed by atoms with Gasteiger partial charge in [0.15, 0.2) is 5.96 Å². The quantitative estimate of drug-likeness (QED) is 0.449. The molecule has 0 spiro atoms. The summed E-state index contributed by atoms with van der Waals surface area (Å²) in [7, 11) is -0.418. The maximum atomic E-state index is 13.6. The number of aryl methyl sites for hydroxylation is 2. The fraction of sp³-hybridized carbons (Fsp3) is 0.350. The monoisotopic (exact) mass is 422 g/mol. The number of benzene rings is 2. The molecule has 29 heavy (non-hydrogen) atoms. The number of halogens is 1. The highest BCUT2D eigenvalue weighted by molar-refractivity contribution is 7.92. The van der Waals surface area contributed by atoms with E-state index in [0.717, 1.165) is 22.9 Å². The van der Waals surface area contributed by atoms with Gasteiger partial charge < -0.3 is 15.4 Å². The van der Waals surface area contributed by atoms with Crippen molar-refractivity contribution in [2.75, 3.05) is 31.2 Å². The summed E-state index contributed by atoms with van der Waals surface area (Å²) in [5.41, 5.74) is 2.70. The Morgan fingerprint density at radius 3 is 2.55 bits per heavy atom. The van der Waals surface area contributed by atoms with Gasteiger partial charge in [0.05, 0.1) is 18.6 Å². The van der Waals surface area contributed by atoms with Gasteiger partial charge in [-0.15, -0.1) is 0 Å². The van der Waals surface area contributed by atoms with Gasteiger partial charge in [-0.25, -0.2) is 12.8 Å². The van der Waals surface area contributed by atoms with Gasteiger partial charge in [-0.2, -0.15) is 0 Å². The number of guanidine groups is 1. The number of anilines is 1. The lowest BCUT2D eigenvalue weighted by Gasteiger charge is -2.14. The maximum absolute atomic E-state index is 13.6. The maximum Gasteiger partial charge on any atom is 0.234 e. The summed E-state index contributed by atoms with van der Waals surface area (Å²) in [5, 5.41) is 6.08. The van der Waals surface area contributed by atoms with Gasteiger partial charge in [0.1, 0.15) is 11.6 Å². The molecule has 0 unspecified atom stereocenters. The molecule has 7 nitrogen and oxygen atoms in total. The summed E-state index contributed by atoms with van der Waals surface area (Å²) in [6.45, 7) is 4.20. The Bertz CT molecular complexity index is 978. The number of nitrogens with zero attached hydrogens (tertiary/aromatic N) is 1. The summed E-state index contributed by atoms with van der Waals surface area (Å²) < 4.78 is 45.7.